The van der Waals surface area contributed by atoms with Gasteiger partial charge in [0.1, 0.15) is 0 Å². The Bertz CT molecular complexity index is 56.9. The molecule has 2 heteroatoms. The van der Waals surface area contributed by atoms with Crippen molar-refractivity contribution in [1.29, 1.82) is 0 Å². The summed E-state index contributed by atoms with van der Waals surface area (Å²) < 4.78 is 0. The first kappa shape index (κ1) is 9.83. The molecule has 0 saturated heterocycles. The predicted molar refractivity (Wildman–Crippen MR) is 50.6 cm³/mol. The molecule has 0 saturated carbocycles. The van der Waals surface area contributed by atoms with Gasteiger partial charge in [0.25, 0.3) is 0 Å². The Balaban J connectivity index is 2.88. The van der Waals surface area contributed by atoms with Crippen LogP contribution in [-0.2, 0) is 0 Å². The fourth-order valence-corrected chi connectivity index (χ4v) is 1.43. The molecular formula is C7H15BrS. The number of hydrogen-bond donors (Lipinski definition) is 0. The van der Waals surface area contributed by atoms with Gasteiger partial charge in [-0.05, 0) is 31.3 Å². The highest BCUT2D eigenvalue weighted by atomic mass is 79.9. The Labute approximate surface area is 70.9 Å². The van der Waals surface area contributed by atoms with Crippen molar-refractivity contribution in [2.45, 2.75) is 31.0 Å². The molecule has 9 heavy (non-hydrogen) atoms. The molecule has 0 aliphatic heterocycles. The number of thioether (sulfide) groups is 1. The van der Waals surface area contributed by atoms with Gasteiger partial charge in [-0.2, -0.15) is 11.8 Å². The highest BCUT2D eigenvalue weighted by molar-refractivity contribution is 9.09. The zero-order chi connectivity index (χ0) is 7.11. The van der Waals surface area contributed by atoms with Gasteiger partial charge in [-0.15, -0.1) is 0 Å². The van der Waals surface area contributed by atoms with Crippen LogP contribution in [0.25, 0.3) is 0 Å². The van der Waals surface area contributed by atoms with Crippen LogP contribution < -0.4 is 0 Å². The Hall–Kier alpha value is 0.830. The van der Waals surface area contributed by atoms with Crippen LogP contribution in [0.4, 0.5) is 0 Å². The van der Waals surface area contributed by atoms with E-state index in [9.17, 15) is 0 Å². The molecule has 1 unspecified atom stereocenters. The van der Waals surface area contributed by atoms with Crippen LogP contribution >= 0.6 is 27.7 Å². The molecule has 0 N–H and O–H groups in total. The van der Waals surface area contributed by atoms with E-state index in [1.54, 1.807) is 0 Å². The maximum atomic E-state index is 3.60. The minimum absolute atomic E-state index is 0.754. The molecule has 0 aromatic rings. The molecule has 0 radical (unpaired) electrons. The maximum Gasteiger partial charge on any atom is 0.0143 e. The first-order valence-electron chi connectivity index (χ1n) is 3.44. The lowest BCUT2D eigenvalue weighted by atomic mass is 10.2. The molecule has 0 aliphatic carbocycles. The predicted octanol–water partition coefficient (Wildman–Crippen LogP) is 3.30. The first-order chi connectivity index (χ1) is 4.31. The third-order valence-electron chi connectivity index (χ3n) is 1.31. The lowest BCUT2D eigenvalue weighted by molar-refractivity contribution is 0.735. The molecule has 0 rings (SSSR count). The maximum absolute atomic E-state index is 3.60. The van der Waals surface area contributed by atoms with E-state index in [0.29, 0.717) is 0 Å². The molecule has 0 nitrogen and oxygen atoms in total. The normalized spacial score (nSPS) is 13.7. The van der Waals surface area contributed by atoms with Crippen LogP contribution in [0, 0.1) is 0 Å². The van der Waals surface area contributed by atoms with E-state index in [4.69, 9.17) is 0 Å². The minimum Gasteiger partial charge on any atom is -0.165 e. The summed E-state index contributed by atoms with van der Waals surface area (Å²) in [4.78, 5) is 0.754. The van der Waals surface area contributed by atoms with Crippen LogP contribution in [0.2, 0.25) is 0 Å². The Morgan fingerprint density at radius 1 is 1.56 bits per heavy atom. The van der Waals surface area contributed by atoms with Gasteiger partial charge in [0, 0.05) is 4.83 Å². The molecule has 0 aromatic carbocycles. The minimum atomic E-state index is 0.754. The summed E-state index contributed by atoms with van der Waals surface area (Å²) in [5.41, 5.74) is 0. The average Bonchev–Trinajstić information content (AvgIpc) is 1.89. The highest BCUT2D eigenvalue weighted by Gasteiger charge is 1.97. The van der Waals surface area contributed by atoms with Gasteiger partial charge in [0.05, 0.1) is 0 Å². The first-order valence-corrected chi connectivity index (χ1v) is 5.75. The summed E-state index contributed by atoms with van der Waals surface area (Å²) in [6.45, 7) is 2.22. The Morgan fingerprint density at radius 2 is 2.22 bits per heavy atom. The van der Waals surface area contributed by atoms with Crippen molar-refractivity contribution < 1.29 is 0 Å². The third kappa shape index (κ3) is 6.72. The Kier molecular flexibility index (Phi) is 7.58. The summed E-state index contributed by atoms with van der Waals surface area (Å²) in [5.74, 6) is 1.31. The van der Waals surface area contributed by atoms with Gasteiger partial charge in [-0.3, -0.25) is 0 Å². The molecular weight excluding hydrogens is 196 g/mol. The van der Waals surface area contributed by atoms with Crippen molar-refractivity contribution in [3.8, 4) is 0 Å². The number of rotatable bonds is 5. The van der Waals surface area contributed by atoms with Crippen molar-refractivity contribution in [2.75, 3.05) is 12.0 Å². The molecule has 0 aliphatic rings. The monoisotopic (exact) mass is 210 g/mol. The van der Waals surface area contributed by atoms with E-state index >= 15 is 0 Å². The van der Waals surface area contributed by atoms with Crippen LogP contribution in [0.5, 0.6) is 0 Å². The quantitative estimate of drug-likeness (QED) is 0.496. The molecule has 0 amide bonds. The summed E-state index contributed by atoms with van der Waals surface area (Å²) in [6.07, 6.45) is 6.10. The van der Waals surface area contributed by atoms with E-state index in [2.05, 4.69) is 29.1 Å². The van der Waals surface area contributed by atoms with Crippen LogP contribution in [0.1, 0.15) is 26.2 Å². The molecule has 1 atom stereocenters. The molecule has 56 valence electrons. The highest BCUT2D eigenvalue weighted by Crippen LogP contribution is 2.12. The van der Waals surface area contributed by atoms with Gasteiger partial charge < -0.3 is 0 Å². The fraction of sp³-hybridized carbons (Fsp3) is 1.00. The van der Waals surface area contributed by atoms with E-state index in [1.165, 1.54) is 25.0 Å². The molecule has 0 heterocycles. The van der Waals surface area contributed by atoms with E-state index in [1.807, 2.05) is 11.8 Å². The standard InChI is InChI=1S/C7H15BrS/c1-3-7(8)5-4-6-9-2/h7H,3-6H2,1-2H3. The fourth-order valence-electron chi connectivity index (χ4n) is 0.653. The van der Waals surface area contributed by atoms with Gasteiger partial charge in [0.15, 0.2) is 0 Å². The van der Waals surface area contributed by atoms with Crippen molar-refractivity contribution in [3.63, 3.8) is 0 Å². The average molecular weight is 211 g/mol. The summed E-state index contributed by atoms with van der Waals surface area (Å²) in [7, 11) is 0. The van der Waals surface area contributed by atoms with E-state index in [-0.39, 0.29) is 0 Å². The number of alkyl halides is 1. The van der Waals surface area contributed by atoms with Crippen molar-refractivity contribution in [1.82, 2.24) is 0 Å². The van der Waals surface area contributed by atoms with E-state index < -0.39 is 0 Å². The SMILES string of the molecule is CCC(Br)CCCSC. The lowest BCUT2D eigenvalue weighted by Crippen LogP contribution is -1.94. The van der Waals surface area contributed by atoms with Crippen LogP contribution in [-0.4, -0.2) is 16.8 Å². The second kappa shape index (κ2) is 6.94. The van der Waals surface area contributed by atoms with Gasteiger partial charge in [-0.1, -0.05) is 22.9 Å². The second-order valence-corrected chi connectivity index (χ2v) is 4.42. The smallest absolute Gasteiger partial charge is 0.0143 e. The van der Waals surface area contributed by atoms with Gasteiger partial charge in [0.2, 0.25) is 0 Å². The topological polar surface area (TPSA) is 0 Å². The van der Waals surface area contributed by atoms with Crippen LogP contribution in [0.3, 0.4) is 0 Å². The lowest BCUT2D eigenvalue weighted by Gasteiger charge is -2.03. The molecule has 0 fully saturated rings. The third-order valence-corrected chi connectivity index (χ3v) is 3.11. The zero-order valence-electron chi connectivity index (χ0n) is 6.19. The molecule has 0 aromatic heterocycles. The van der Waals surface area contributed by atoms with Gasteiger partial charge >= 0.3 is 0 Å². The Morgan fingerprint density at radius 3 is 2.67 bits per heavy atom. The van der Waals surface area contributed by atoms with Gasteiger partial charge in [-0.25, -0.2) is 0 Å². The summed E-state index contributed by atoms with van der Waals surface area (Å²) in [6, 6.07) is 0. The summed E-state index contributed by atoms with van der Waals surface area (Å²) in [5, 5.41) is 0. The molecule has 0 spiro atoms. The molecule has 0 bridgehead atoms. The zero-order valence-corrected chi connectivity index (χ0v) is 8.59. The second-order valence-electron chi connectivity index (χ2n) is 2.14. The van der Waals surface area contributed by atoms with Crippen LogP contribution in [0.15, 0.2) is 0 Å². The van der Waals surface area contributed by atoms with Crippen molar-refractivity contribution in [2.24, 2.45) is 0 Å². The van der Waals surface area contributed by atoms with E-state index in [0.717, 1.165) is 4.83 Å². The number of hydrogen-bond acceptors (Lipinski definition) is 1. The largest absolute Gasteiger partial charge is 0.165 e. The summed E-state index contributed by atoms with van der Waals surface area (Å²) >= 11 is 5.53. The number of halogens is 1. The van der Waals surface area contributed by atoms with Crippen molar-refractivity contribution in [3.05, 3.63) is 0 Å². The van der Waals surface area contributed by atoms with Crippen molar-refractivity contribution >= 4 is 27.7 Å².